The lowest BCUT2D eigenvalue weighted by molar-refractivity contribution is 0.0730. The summed E-state index contributed by atoms with van der Waals surface area (Å²) >= 11 is 1.32. The Morgan fingerprint density at radius 3 is 2.59 bits per heavy atom. The normalized spacial score (nSPS) is 14.8. The zero-order valence-corrected chi connectivity index (χ0v) is 21.2. The molecular weight excluding hydrogens is 512 g/mol. The summed E-state index contributed by atoms with van der Waals surface area (Å²) in [5.41, 5.74) is 2.76. The van der Waals surface area contributed by atoms with E-state index in [9.17, 15) is 13.2 Å². The average Bonchev–Trinajstić information content (AvgIpc) is 3.57. The highest BCUT2D eigenvalue weighted by molar-refractivity contribution is 7.89. The Hall–Kier alpha value is -3.71. The molecule has 1 amide bonds. The summed E-state index contributed by atoms with van der Waals surface area (Å²) in [5, 5.41) is 13.6. The SMILES string of the molecule is O=C(Nc1nnc2c3cc(S(=O)(=O)N4CCOCC4)ccc3n(Cc3ccccc3)c2n1)c1cccs1. The topological polar surface area (TPSA) is 119 Å². The van der Waals surface area contributed by atoms with Crippen molar-refractivity contribution in [3.63, 3.8) is 0 Å². The zero-order valence-electron chi connectivity index (χ0n) is 19.6. The van der Waals surface area contributed by atoms with Crippen LogP contribution < -0.4 is 5.32 Å². The molecule has 1 aliphatic rings. The number of carbonyl (C=O) groups excluding carboxylic acids is 1. The van der Waals surface area contributed by atoms with E-state index in [0.717, 1.165) is 11.1 Å². The molecule has 0 aliphatic carbocycles. The molecule has 0 radical (unpaired) electrons. The van der Waals surface area contributed by atoms with Crippen LogP contribution in [0.2, 0.25) is 0 Å². The van der Waals surface area contributed by atoms with Crippen molar-refractivity contribution in [3.8, 4) is 0 Å². The number of morpholine rings is 1. The second-order valence-electron chi connectivity index (χ2n) is 8.51. The van der Waals surface area contributed by atoms with Crippen molar-refractivity contribution in [2.24, 2.45) is 0 Å². The Morgan fingerprint density at radius 1 is 1.03 bits per heavy atom. The highest BCUT2D eigenvalue weighted by atomic mass is 32.2. The van der Waals surface area contributed by atoms with Gasteiger partial charge in [0.2, 0.25) is 10.0 Å². The molecule has 1 saturated heterocycles. The predicted molar refractivity (Wildman–Crippen MR) is 140 cm³/mol. The molecule has 0 bridgehead atoms. The van der Waals surface area contributed by atoms with Gasteiger partial charge in [0, 0.05) is 25.0 Å². The monoisotopic (exact) mass is 534 g/mol. The number of sulfonamides is 1. The summed E-state index contributed by atoms with van der Waals surface area (Å²) in [6, 6.07) is 18.4. The maximum absolute atomic E-state index is 13.3. The first-order valence-electron chi connectivity index (χ1n) is 11.6. The van der Waals surface area contributed by atoms with Crippen molar-refractivity contribution in [2.75, 3.05) is 31.6 Å². The number of aromatic nitrogens is 4. The van der Waals surface area contributed by atoms with E-state index in [-0.39, 0.29) is 16.8 Å². The Bertz CT molecular complexity index is 1700. The quantitative estimate of drug-likeness (QED) is 0.355. The number of ether oxygens (including phenoxy) is 1. The lowest BCUT2D eigenvalue weighted by Crippen LogP contribution is -2.40. The third-order valence-electron chi connectivity index (χ3n) is 6.20. The average molecular weight is 535 g/mol. The van der Waals surface area contributed by atoms with E-state index in [2.05, 4.69) is 20.5 Å². The summed E-state index contributed by atoms with van der Waals surface area (Å²) in [7, 11) is -3.70. The van der Waals surface area contributed by atoms with Gasteiger partial charge in [-0.25, -0.2) is 8.42 Å². The Balaban J connectivity index is 1.47. The Morgan fingerprint density at radius 2 is 1.84 bits per heavy atom. The van der Waals surface area contributed by atoms with Crippen LogP contribution in [0.4, 0.5) is 5.95 Å². The third-order valence-corrected chi connectivity index (χ3v) is 8.96. The standard InChI is InChI=1S/C25H22N6O4S2/c32-24(21-7-4-14-36-21)27-25-26-23-22(28-29-25)19-15-18(37(33,34)30-10-12-35-13-11-30)8-9-20(19)31(23)16-17-5-2-1-3-6-17/h1-9,14-15H,10-13,16H2,(H,26,27,29,32). The van der Waals surface area contributed by atoms with Crippen LogP contribution in [0.5, 0.6) is 0 Å². The molecule has 12 heteroatoms. The van der Waals surface area contributed by atoms with Gasteiger partial charge in [0.05, 0.1) is 28.5 Å². The molecule has 188 valence electrons. The number of amides is 1. The molecule has 10 nitrogen and oxygen atoms in total. The van der Waals surface area contributed by atoms with Gasteiger partial charge in [-0.15, -0.1) is 21.5 Å². The number of rotatable bonds is 6. The van der Waals surface area contributed by atoms with E-state index in [0.29, 0.717) is 54.3 Å². The van der Waals surface area contributed by atoms with Gasteiger partial charge in [-0.05, 0) is 35.2 Å². The molecule has 3 aromatic heterocycles. The van der Waals surface area contributed by atoms with Crippen molar-refractivity contribution in [2.45, 2.75) is 11.4 Å². The van der Waals surface area contributed by atoms with Crippen molar-refractivity contribution in [1.82, 2.24) is 24.1 Å². The van der Waals surface area contributed by atoms with Crippen molar-refractivity contribution in [1.29, 1.82) is 0 Å². The van der Waals surface area contributed by atoms with Crippen molar-refractivity contribution >= 4 is 55.3 Å². The van der Waals surface area contributed by atoms with Gasteiger partial charge in [-0.3, -0.25) is 10.1 Å². The van der Waals surface area contributed by atoms with Crippen LogP contribution in [-0.4, -0.2) is 64.7 Å². The molecule has 5 aromatic rings. The number of carbonyl (C=O) groups is 1. The van der Waals surface area contributed by atoms with Crippen LogP contribution in [0.1, 0.15) is 15.2 Å². The number of nitrogens with one attached hydrogen (secondary N) is 1. The van der Waals surface area contributed by atoms with Crippen LogP contribution >= 0.6 is 11.3 Å². The smallest absolute Gasteiger partial charge is 0.268 e. The zero-order chi connectivity index (χ0) is 25.4. The number of hydrogen-bond donors (Lipinski definition) is 1. The van der Waals surface area contributed by atoms with Crippen LogP contribution in [0.25, 0.3) is 22.1 Å². The summed E-state index contributed by atoms with van der Waals surface area (Å²) in [4.78, 5) is 17.9. The van der Waals surface area contributed by atoms with Gasteiger partial charge in [0.25, 0.3) is 11.9 Å². The summed E-state index contributed by atoms with van der Waals surface area (Å²) in [6.07, 6.45) is 0. The second-order valence-corrected chi connectivity index (χ2v) is 11.4. The van der Waals surface area contributed by atoms with E-state index >= 15 is 0 Å². The molecule has 0 unspecified atom stereocenters. The lowest BCUT2D eigenvalue weighted by Gasteiger charge is -2.26. The van der Waals surface area contributed by atoms with Crippen LogP contribution in [0.15, 0.2) is 70.9 Å². The van der Waals surface area contributed by atoms with E-state index in [1.807, 2.05) is 40.3 Å². The van der Waals surface area contributed by atoms with E-state index in [1.165, 1.54) is 15.6 Å². The molecule has 1 aliphatic heterocycles. The first-order chi connectivity index (χ1) is 18.0. The maximum Gasteiger partial charge on any atom is 0.268 e. The molecule has 6 rings (SSSR count). The number of thiophene rings is 1. The summed E-state index contributed by atoms with van der Waals surface area (Å²) in [5.74, 6) is -0.245. The minimum Gasteiger partial charge on any atom is -0.379 e. The molecular formula is C25H22N6O4S2. The number of fused-ring (bicyclic) bond motifs is 3. The Kier molecular flexibility index (Phi) is 6.16. The molecule has 2 aromatic carbocycles. The molecule has 1 fully saturated rings. The van der Waals surface area contributed by atoms with Crippen LogP contribution in [0.3, 0.4) is 0 Å². The molecule has 37 heavy (non-hydrogen) atoms. The van der Waals surface area contributed by atoms with E-state index < -0.39 is 10.0 Å². The predicted octanol–water partition coefficient (Wildman–Crippen LogP) is 3.36. The first-order valence-corrected chi connectivity index (χ1v) is 14.0. The molecule has 0 spiro atoms. The highest BCUT2D eigenvalue weighted by Crippen LogP contribution is 2.31. The second kappa shape index (κ2) is 9.63. The lowest BCUT2D eigenvalue weighted by atomic mass is 10.2. The summed E-state index contributed by atoms with van der Waals surface area (Å²) in [6.45, 7) is 1.84. The fourth-order valence-electron chi connectivity index (χ4n) is 4.38. The largest absolute Gasteiger partial charge is 0.379 e. The highest BCUT2D eigenvalue weighted by Gasteiger charge is 2.27. The first kappa shape index (κ1) is 23.7. The Labute approximate surface area is 216 Å². The number of hydrogen-bond acceptors (Lipinski definition) is 8. The van der Waals surface area contributed by atoms with Crippen LogP contribution in [-0.2, 0) is 21.3 Å². The number of benzene rings is 2. The van der Waals surface area contributed by atoms with Gasteiger partial charge in [0.1, 0.15) is 5.52 Å². The van der Waals surface area contributed by atoms with Gasteiger partial charge in [-0.1, -0.05) is 36.4 Å². The van der Waals surface area contributed by atoms with Gasteiger partial charge < -0.3 is 9.30 Å². The van der Waals surface area contributed by atoms with Gasteiger partial charge in [-0.2, -0.15) is 9.29 Å². The van der Waals surface area contributed by atoms with Crippen molar-refractivity contribution in [3.05, 3.63) is 76.5 Å². The molecule has 4 heterocycles. The molecule has 0 saturated carbocycles. The fourth-order valence-corrected chi connectivity index (χ4v) is 6.43. The van der Waals surface area contributed by atoms with Crippen molar-refractivity contribution < 1.29 is 17.9 Å². The fraction of sp³-hybridized carbons (Fsp3) is 0.200. The summed E-state index contributed by atoms with van der Waals surface area (Å²) < 4.78 is 35.3. The number of nitrogens with zero attached hydrogens (tertiary/aromatic N) is 5. The minimum absolute atomic E-state index is 0.0733. The maximum atomic E-state index is 13.3. The number of anilines is 1. The van der Waals surface area contributed by atoms with E-state index in [1.54, 1.807) is 30.3 Å². The third kappa shape index (κ3) is 4.48. The minimum atomic E-state index is -3.70. The van der Waals surface area contributed by atoms with Gasteiger partial charge in [0.15, 0.2) is 5.65 Å². The van der Waals surface area contributed by atoms with Crippen LogP contribution in [0, 0.1) is 0 Å². The molecule has 0 atom stereocenters. The van der Waals surface area contributed by atoms with E-state index in [4.69, 9.17) is 4.74 Å². The van der Waals surface area contributed by atoms with Gasteiger partial charge >= 0.3 is 0 Å². The molecule has 1 N–H and O–H groups in total.